The quantitative estimate of drug-likeness (QED) is 0.0317. The first-order valence-electron chi connectivity index (χ1n) is 31.4. The number of carbonyl (C=O) groups is 2. The van der Waals surface area contributed by atoms with Gasteiger partial charge in [0.25, 0.3) is 0 Å². The van der Waals surface area contributed by atoms with Gasteiger partial charge < -0.3 is 44.5 Å². The number of hydrogen-bond acceptors (Lipinski definition) is 13. The number of Topliss-reactive ketones (excluding diaryl/α,β-unsaturated/α-hetero) is 1. The molecule has 15 heteroatoms. The number of pyridine rings is 1. The van der Waals surface area contributed by atoms with E-state index in [4.69, 9.17) is 44.4 Å². The number of rotatable bonds is 31. The molecule has 2 aromatic rings. The molecule has 3 rings (SSSR count). The van der Waals surface area contributed by atoms with Gasteiger partial charge in [0.05, 0.1) is 36.0 Å². The number of fused-ring (bicyclic) bond motifs is 1. The number of carboxylic acids is 1. The fourth-order valence-corrected chi connectivity index (χ4v) is 8.08. The summed E-state index contributed by atoms with van der Waals surface area (Å²) in [5.74, 6) is 0.00781. The monoisotopic (exact) mass is 1150 g/mol. The van der Waals surface area contributed by atoms with E-state index in [0.717, 1.165) is 97.2 Å². The Morgan fingerprint density at radius 3 is 1.80 bits per heavy atom. The molecule has 1 aromatic heterocycles. The van der Waals surface area contributed by atoms with Gasteiger partial charge in [0.1, 0.15) is 11.3 Å². The summed E-state index contributed by atoms with van der Waals surface area (Å²) < 4.78 is 19.5. The van der Waals surface area contributed by atoms with Crippen molar-refractivity contribution in [3.8, 4) is 0 Å². The average Bonchev–Trinajstić information content (AvgIpc) is 3.46. The molecule has 1 aromatic carbocycles. The molecular weight excluding hydrogens is 1010 g/mol. The lowest BCUT2D eigenvalue weighted by Crippen LogP contribution is -2.40. The lowest BCUT2D eigenvalue weighted by Gasteiger charge is -2.36. The molecule has 15 nitrogen and oxygen atoms in total. The summed E-state index contributed by atoms with van der Waals surface area (Å²) in [4.78, 5) is 50.2. The molecule has 0 aliphatic carbocycles. The largest absolute Gasteiger partial charge is 0.477 e. The van der Waals surface area contributed by atoms with Crippen LogP contribution in [0.1, 0.15) is 251 Å². The van der Waals surface area contributed by atoms with Gasteiger partial charge in [-0.2, -0.15) is 0 Å². The Labute approximate surface area is 492 Å². The van der Waals surface area contributed by atoms with E-state index >= 15 is 0 Å². The summed E-state index contributed by atoms with van der Waals surface area (Å²) in [5.41, 5.74) is 0.0103. The Morgan fingerprint density at radius 1 is 0.750 bits per heavy atom. The van der Waals surface area contributed by atoms with Crippen LogP contribution in [-0.4, -0.2) is 140 Å². The number of carboxylic acid groups (broad SMARTS) is 1. The third-order valence-electron chi connectivity index (χ3n) is 12.9. The molecule has 478 valence electrons. The van der Waals surface area contributed by atoms with Gasteiger partial charge in [-0.1, -0.05) is 156 Å². The molecule has 0 radical (unpaired) electrons. The fourth-order valence-electron chi connectivity index (χ4n) is 8.08. The minimum atomic E-state index is -1.21. The first-order valence-corrected chi connectivity index (χ1v) is 31.4. The van der Waals surface area contributed by atoms with E-state index in [9.17, 15) is 14.4 Å². The zero-order valence-corrected chi connectivity index (χ0v) is 56.2. The summed E-state index contributed by atoms with van der Waals surface area (Å²) >= 11 is 0. The molecule has 0 spiro atoms. The van der Waals surface area contributed by atoms with Crippen LogP contribution < -0.4 is 10.4 Å². The van der Waals surface area contributed by atoms with Gasteiger partial charge in [-0.15, -0.1) is 0 Å². The van der Waals surface area contributed by atoms with Gasteiger partial charge in [0.2, 0.25) is 5.43 Å². The fraction of sp³-hybridized carbons (Fsp3) is 0.831. The molecule has 1 fully saturated rings. The lowest BCUT2D eigenvalue weighted by molar-refractivity contribution is -0.356. The second kappa shape index (κ2) is 60.6. The molecule has 4 N–H and O–H groups in total. The second-order valence-electron chi connectivity index (χ2n) is 20.0. The summed E-state index contributed by atoms with van der Waals surface area (Å²) in [6.07, 6.45) is 17.2. The number of hydrogen-bond donors (Lipinski definition) is 4. The molecule has 10 atom stereocenters. The van der Waals surface area contributed by atoms with Crippen molar-refractivity contribution in [3.05, 3.63) is 46.2 Å². The van der Waals surface area contributed by atoms with Crippen LogP contribution in [0.2, 0.25) is 0 Å². The molecule has 0 saturated carbocycles. The van der Waals surface area contributed by atoms with Crippen LogP contribution in [0, 0.1) is 17.8 Å². The highest BCUT2D eigenvalue weighted by molar-refractivity contribution is 5.92. The Kier molecular flexibility index (Phi) is 66.8. The third-order valence-corrected chi connectivity index (χ3v) is 12.9. The maximum Gasteiger partial charge on any atom is 0.341 e. The topological polar surface area (TPSA) is 190 Å². The number of para-hydroxylation sites is 1. The number of ether oxygens (including phenoxy) is 3. The molecular formula is C65H131N3O12. The number of carbonyl (C=O) groups excluding carboxylic acids is 1. The third kappa shape index (κ3) is 43.7. The van der Waals surface area contributed by atoms with Crippen molar-refractivity contribution in [3.63, 3.8) is 0 Å². The number of aliphatic hydroxyl groups is 3. The van der Waals surface area contributed by atoms with Gasteiger partial charge in [-0.25, -0.2) is 14.6 Å². The highest BCUT2D eigenvalue weighted by Gasteiger charge is 2.34. The smallest absolute Gasteiger partial charge is 0.341 e. The SMILES string of the molecule is CC.CC.CC.CC.CCCC(=O)C(C)[C@H](C[C@H](CC[C@@H](C)CC)OOC(C)CC(CC)N(C)C)O[C@H]1CC(C)CC(C)O1.CCCCC(O)CC.CCCCOCCCO.CN(C)n1cc(C(=O)O)c(=O)c2ccccc21.CO. The van der Waals surface area contributed by atoms with Gasteiger partial charge in [-0.3, -0.25) is 14.3 Å². The number of aromatic nitrogens is 1. The number of ketones is 1. The maximum absolute atomic E-state index is 12.9. The number of benzene rings is 1. The van der Waals surface area contributed by atoms with Crippen LogP contribution in [0.4, 0.5) is 0 Å². The molecule has 0 bridgehead atoms. The highest BCUT2D eigenvalue weighted by Crippen LogP contribution is 2.30. The van der Waals surface area contributed by atoms with Crippen molar-refractivity contribution in [2.45, 2.75) is 284 Å². The molecule has 0 amide bonds. The second-order valence-corrected chi connectivity index (χ2v) is 20.0. The van der Waals surface area contributed by atoms with Gasteiger partial charge in [0, 0.05) is 83.8 Å². The van der Waals surface area contributed by atoms with Crippen molar-refractivity contribution in [1.29, 1.82) is 0 Å². The zero-order chi connectivity index (χ0) is 63.2. The molecule has 80 heavy (non-hydrogen) atoms. The van der Waals surface area contributed by atoms with E-state index in [2.05, 4.69) is 81.3 Å². The molecule has 1 saturated heterocycles. The van der Waals surface area contributed by atoms with Crippen LogP contribution in [0.5, 0.6) is 0 Å². The predicted octanol–water partition coefficient (Wildman–Crippen LogP) is 14.9. The van der Waals surface area contributed by atoms with Crippen LogP contribution in [-0.2, 0) is 28.8 Å². The Bertz CT molecular complexity index is 1680. The lowest BCUT2D eigenvalue weighted by atomic mass is 9.90. The summed E-state index contributed by atoms with van der Waals surface area (Å²) in [6, 6.07) is 7.39. The Hall–Kier alpha value is -2.99. The van der Waals surface area contributed by atoms with Crippen molar-refractivity contribution < 1.29 is 54.0 Å². The summed E-state index contributed by atoms with van der Waals surface area (Å²) in [6.45, 7) is 41.3. The van der Waals surface area contributed by atoms with E-state index < -0.39 is 11.4 Å². The van der Waals surface area contributed by atoms with Crippen LogP contribution >= 0.6 is 0 Å². The van der Waals surface area contributed by atoms with E-state index in [-0.39, 0.29) is 60.7 Å². The number of nitrogens with zero attached hydrogens (tertiary/aromatic N) is 3. The van der Waals surface area contributed by atoms with Crippen LogP contribution in [0.25, 0.3) is 10.9 Å². The summed E-state index contributed by atoms with van der Waals surface area (Å²) in [7, 11) is 8.79. The summed E-state index contributed by atoms with van der Waals surface area (Å²) in [5, 5.41) is 35.5. The average molecular weight is 1150 g/mol. The number of unbranched alkanes of at least 4 members (excludes halogenated alkanes) is 2. The van der Waals surface area contributed by atoms with Gasteiger partial charge in [-0.05, 0) is 116 Å². The molecule has 6 unspecified atom stereocenters. The first kappa shape index (κ1) is 88.2. The Morgan fingerprint density at radius 2 is 1.32 bits per heavy atom. The van der Waals surface area contributed by atoms with Gasteiger partial charge >= 0.3 is 5.97 Å². The number of aliphatic hydroxyl groups excluding tert-OH is 3. The van der Waals surface area contributed by atoms with Crippen molar-refractivity contribution in [1.82, 2.24) is 9.58 Å². The molecule has 1 aliphatic heterocycles. The predicted molar refractivity (Wildman–Crippen MR) is 340 cm³/mol. The first-order chi connectivity index (χ1) is 38.2. The normalized spacial score (nSPS) is 16.7. The molecule has 1 aliphatic rings. The van der Waals surface area contributed by atoms with E-state index in [1.165, 1.54) is 19.0 Å². The van der Waals surface area contributed by atoms with Crippen LogP contribution in [0.3, 0.4) is 0 Å². The maximum atomic E-state index is 12.9. The van der Waals surface area contributed by atoms with Gasteiger partial charge in [0.15, 0.2) is 6.29 Å². The van der Waals surface area contributed by atoms with E-state index in [0.29, 0.717) is 48.2 Å². The minimum Gasteiger partial charge on any atom is -0.477 e. The van der Waals surface area contributed by atoms with E-state index in [1.54, 1.807) is 42.0 Å². The number of aromatic carboxylic acids is 1. The Balaban J connectivity index is -0.000000255. The highest BCUT2D eigenvalue weighted by atomic mass is 17.2. The van der Waals surface area contributed by atoms with Crippen molar-refractivity contribution in [2.24, 2.45) is 17.8 Å². The van der Waals surface area contributed by atoms with E-state index in [1.807, 2.05) is 75.3 Å². The van der Waals surface area contributed by atoms with Crippen molar-refractivity contribution >= 4 is 22.7 Å². The molecule has 2 heterocycles. The minimum absolute atomic E-state index is 0.00894. The van der Waals surface area contributed by atoms with Crippen LogP contribution in [0.15, 0.2) is 35.3 Å². The standard InChI is InChI=1S/C30H59NO5.C12H12N2O3.C7H16O2.C7H16O.4C2H6.CH4O/c1-11-14-28(32)25(8)29(34-30-18-22(5)17-23(6)33-30)20-27(16-15-21(4)12-2)36-35-24(7)19-26(13-3)31(9)10;1-13(2)14-7-9(12(16)17)11(15)8-5-3-4-6-10(8)14;1-2-3-6-9-7-4-5-8;1-3-5-6-7(8)4-2;5*1-2/h21-27,29-30H,11-20H2,1-10H3;3-7H,1-2H3,(H,16,17);8H,2-7H2,1H3;7-8H,3-6H2,1-2H3;4*1-2H3;2H,1H3/t21-,22?,23?,24?,25?,26?,27-,29-,30-;;;;;;;;/m0......../s1. The zero-order valence-electron chi connectivity index (χ0n) is 56.2. The van der Waals surface area contributed by atoms with Crippen molar-refractivity contribution in [2.75, 3.05) is 60.1 Å².